The lowest BCUT2D eigenvalue weighted by Gasteiger charge is -2.35. The van der Waals surface area contributed by atoms with E-state index in [9.17, 15) is 0 Å². The second-order valence-corrected chi connectivity index (χ2v) is 11.9. The minimum absolute atomic E-state index is 0.231. The van der Waals surface area contributed by atoms with Crippen molar-refractivity contribution in [3.05, 3.63) is 163 Å². The first kappa shape index (κ1) is 27.4. The predicted octanol–water partition coefficient (Wildman–Crippen LogP) is 9.62. The van der Waals surface area contributed by atoms with E-state index in [2.05, 4.69) is 155 Å². The van der Waals surface area contributed by atoms with Gasteiger partial charge in [0.1, 0.15) is 12.0 Å². The van der Waals surface area contributed by atoms with Crippen molar-refractivity contribution in [2.24, 2.45) is 4.99 Å². The molecule has 0 fully saturated rings. The number of halogens is 1. The molecule has 45 heavy (non-hydrogen) atoms. The zero-order chi connectivity index (χ0) is 30.3. The molecule has 0 saturated heterocycles. The van der Waals surface area contributed by atoms with E-state index >= 15 is 0 Å². The molecule has 6 aromatic carbocycles. The van der Waals surface area contributed by atoms with Gasteiger partial charge in [-0.2, -0.15) is 0 Å². The van der Waals surface area contributed by atoms with Gasteiger partial charge < -0.3 is 9.88 Å². The molecule has 0 radical (unpaired) electrons. The van der Waals surface area contributed by atoms with Gasteiger partial charge in [-0.05, 0) is 65.2 Å². The molecule has 0 amide bonds. The number of benzene rings is 6. The number of para-hydroxylation sites is 2. The van der Waals surface area contributed by atoms with E-state index in [0.29, 0.717) is 0 Å². The van der Waals surface area contributed by atoms with Crippen LogP contribution in [0.3, 0.4) is 0 Å². The number of nitrogens with zero attached hydrogens (tertiary/aromatic N) is 3. The number of hydrogen-bond donors (Lipinski definition) is 1. The highest BCUT2D eigenvalue weighted by Crippen LogP contribution is 2.34. The first-order valence-electron chi connectivity index (χ1n) is 15.2. The molecule has 2 heterocycles. The molecule has 2 unspecified atom stereocenters. The average Bonchev–Trinajstić information content (AvgIpc) is 3.44. The number of alkyl halides is 1. The van der Waals surface area contributed by atoms with Crippen molar-refractivity contribution >= 4 is 39.2 Å². The minimum Gasteiger partial charge on any atom is -0.342 e. The summed E-state index contributed by atoms with van der Waals surface area (Å²) in [5.74, 6) is 0.778. The van der Waals surface area contributed by atoms with E-state index in [0.717, 1.165) is 22.6 Å². The van der Waals surface area contributed by atoms with Crippen molar-refractivity contribution in [1.29, 1.82) is 0 Å². The van der Waals surface area contributed by atoms with Crippen molar-refractivity contribution < 1.29 is 0 Å². The Labute approximate surface area is 267 Å². The van der Waals surface area contributed by atoms with Crippen LogP contribution in [0.4, 0.5) is 0 Å². The average molecular weight is 603 g/mol. The molecule has 1 aliphatic heterocycles. The maximum atomic E-state index is 6.88. The quantitative estimate of drug-likeness (QED) is 0.157. The number of rotatable bonds is 5. The minimum atomic E-state index is -0.415. The molecule has 4 nitrogen and oxygen atoms in total. The van der Waals surface area contributed by atoms with Crippen LogP contribution in [0, 0.1) is 0 Å². The molecule has 218 valence electrons. The Morgan fingerprint density at radius 3 is 1.80 bits per heavy atom. The predicted molar refractivity (Wildman–Crippen MR) is 188 cm³/mol. The van der Waals surface area contributed by atoms with Crippen LogP contribution in [0.25, 0.3) is 49.7 Å². The van der Waals surface area contributed by atoms with Crippen molar-refractivity contribution in [3.63, 3.8) is 0 Å². The van der Waals surface area contributed by atoms with Gasteiger partial charge >= 0.3 is 0 Å². The van der Waals surface area contributed by atoms with Crippen molar-refractivity contribution in [3.8, 4) is 27.9 Å². The summed E-state index contributed by atoms with van der Waals surface area (Å²) in [4.78, 5) is 7.24. The van der Waals surface area contributed by atoms with Crippen LogP contribution >= 0.6 is 11.6 Å². The zero-order valence-electron chi connectivity index (χ0n) is 24.8. The van der Waals surface area contributed by atoms with Crippen molar-refractivity contribution in [1.82, 2.24) is 14.8 Å². The second-order valence-electron chi connectivity index (χ2n) is 11.5. The summed E-state index contributed by atoms with van der Waals surface area (Å²) >= 11 is 6.88. The second kappa shape index (κ2) is 11.4. The number of hydrogen-bond acceptors (Lipinski definition) is 3. The van der Waals surface area contributed by atoms with Crippen LogP contribution in [0.2, 0.25) is 0 Å². The molecule has 1 N–H and O–H groups in total. The monoisotopic (exact) mass is 602 g/mol. The van der Waals surface area contributed by atoms with Gasteiger partial charge in [-0.1, -0.05) is 133 Å². The third-order valence-corrected chi connectivity index (χ3v) is 9.14. The Kier molecular flexibility index (Phi) is 6.94. The Bertz CT molecular complexity index is 2130. The van der Waals surface area contributed by atoms with Crippen LogP contribution in [0.15, 0.2) is 157 Å². The molecule has 5 heteroatoms. The maximum absolute atomic E-state index is 6.88. The Morgan fingerprint density at radius 2 is 1.11 bits per heavy atom. The van der Waals surface area contributed by atoms with Crippen LogP contribution < -0.4 is 5.32 Å². The van der Waals surface area contributed by atoms with E-state index < -0.39 is 5.62 Å². The summed E-state index contributed by atoms with van der Waals surface area (Å²) in [7, 11) is 2.00. The lowest BCUT2D eigenvalue weighted by Crippen LogP contribution is -2.48. The molecule has 8 rings (SSSR count). The first-order chi connectivity index (χ1) is 22.1. The summed E-state index contributed by atoms with van der Waals surface area (Å²) in [6.45, 7) is 0. The van der Waals surface area contributed by atoms with Gasteiger partial charge in [0.15, 0.2) is 5.62 Å². The topological polar surface area (TPSA) is 32.6 Å². The molecule has 1 aliphatic rings. The van der Waals surface area contributed by atoms with Crippen molar-refractivity contribution in [2.45, 2.75) is 11.8 Å². The lowest BCUT2D eigenvalue weighted by atomic mass is 9.98. The SMILES string of the molecule is CN1C(Cl)NC(c2cccc(-n3c4ccccc4c4ccccc43)c2)=NC1c1ccc(-c2cccc(-c3ccccc3)c2)cc1. The summed E-state index contributed by atoms with van der Waals surface area (Å²) in [6.07, 6.45) is -0.231. The van der Waals surface area contributed by atoms with Crippen LogP contribution in [0.5, 0.6) is 0 Å². The lowest BCUT2D eigenvalue weighted by molar-refractivity contribution is 0.206. The van der Waals surface area contributed by atoms with Gasteiger partial charge in [-0.25, -0.2) is 9.89 Å². The highest BCUT2D eigenvalue weighted by molar-refractivity contribution is 6.22. The van der Waals surface area contributed by atoms with Gasteiger partial charge in [-0.15, -0.1) is 0 Å². The smallest absolute Gasteiger partial charge is 0.160 e. The Morgan fingerprint density at radius 1 is 0.556 bits per heavy atom. The molecule has 0 bridgehead atoms. The molecule has 2 atom stereocenters. The summed E-state index contributed by atoms with van der Waals surface area (Å²) in [6, 6.07) is 53.5. The van der Waals surface area contributed by atoms with Gasteiger partial charge in [-0.3, -0.25) is 0 Å². The van der Waals surface area contributed by atoms with E-state index in [1.54, 1.807) is 0 Å². The number of nitrogens with one attached hydrogen (secondary N) is 1. The summed E-state index contributed by atoms with van der Waals surface area (Å²) in [5, 5.41) is 5.90. The van der Waals surface area contributed by atoms with E-state index in [4.69, 9.17) is 16.6 Å². The number of aromatic nitrogens is 1. The maximum Gasteiger partial charge on any atom is 0.160 e. The largest absolute Gasteiger partial charge is 0.342 e. The molecule has 0 aliphatic carbocycles. The van der Waals surface area contributed by atoms with Gasteiger partial charge in [0.25, 0.3) is 0 Å². The van der Waals surface area contributed by atoms with Crippen LogP contribution in [-0.4, -0.2) is 28.0 Å². The Balaban J connectivity index is 1.14. The van der Waals surface area contributed by atoms with Crippen LogP contribution in [-0.2, 0) is 0 Å². The molecule has 0 saturated carbocycles. The van der Waals surface area contributed by atoms with E-state index in [1.165, 1.54) is 44.1 Å². The van der Waals surface area contributed by atoms with E-state index in [1.807, 2.05) is 18.0 Å². The molecular formula is C40H31ClN4. The highest BCUT2D eigenvalue weighted by Gasteiger charge is 2.29. The fraction of sp³-hybridized carbons (Fsp3) is 0.0750. The third kappa shape index (κ3) is 4.98. The molecule has 0 spiro atoms. The Hall–Kier alpha value is -5.16. The molecular weight excluding hydrogens is 572 g/mol. The highest BCUT2D eigenvalue weighted by atomic mass is 35.5. The van der Waals surface area contributed by atoms with Crippen LogP contribution in [0.1, 0.15) is 17.3 Å². The normalized spacial score (nSPS) is 16.9. The van der Waals surface area contributed by atoms with E-state index in [-0.39, 0.29) is 6.17 Å². The molecule has 7 aromatic rings. The standard InChI is InChI=1S/C40H31ClN4/c1-44-39(29-23-21-28(22-24-29)31-14-9-13-30(25-31)27-11-3-2-4-12-27)42-38(43-40(44)41)32-15-10-16-33(26-32)45-36-19-7-5-17-34(36)35-18-6-8-20-37(35)45/h2-26,39-40H,1H3,(H,42,43). The summed E-state index contributed by atoms with van der Waals surface area (Å²) in [5.41, 5.74) is 9.87. The summed E-state index contributed by atoms with van der Waals surface area (Å²) < 4.78 is 2.32. The number of amidine groups is 1. The number of fused-ring (bicyclic) bond motifs is 3. The zero-order valence-corrected chi connectivity index (χ0v) is 25.6. The fourth-order valence-electron chi connectivity index (χ4n) is 6.41. The fourth-order valence-corrected chi connectivity index (χ4v) is 6.62. The van der Waals surface area contributed by atoms with Gasteiger partial charge in [0.2, 0.25) is 0 Å². The number of aliphatic imine (C=N–C) groups is 1. The van der Waals surface area contributed by atoms with Gasteiger partial charge in [0.05, 0.1) is 11.0 Å². The molecule has 1 aromatic heterocycles. The van der Waals surface area contributed by atoms with Crippen molar-refractivity contribution in [2.75, 3.05) is 7.05 Å². The first-order valence-corrected chi connectivity index (χ1v) is 15.6. The van der Waals surface area contributed by atoms with Gasteiger partial charge in [0, 0.05) is 22.0 Å². The third-order valence-electron chi connectivity index (χ3n) is 8.72.